The second kappa shape index (κ2) is 12.0. The molecule has 1 aliphatic rings. The molecule has 1 heterocycles. The number of carbonyl (C=O) groups is 1. The first kappa shape index (κ1) is 25.0. The Morgan fingerprint density at radius 3 is 2.39 bits per heavy atom. The molecular formula is C26H37N3O4. The Labute approximate surface area is 197 Å². The van der Waals surface area contributed by atoms with E-state index in [9.17, 15) is 9.90 Å². The third-order valence-electron chi connectivity index (χ3n) is 6.12. The van der Waals surface area contributed by atoms with Crippen molar-refractivity contribution in [2.75, 3.05) is 51.4 Å². The van der Waals surface area contributed by atoms with E-state index < -0.39 is 6.10 Å². The molecule has 0 saturated heterocycles. The van der Waals surface area contributed by atoms with Gasteiger partial charge in [-0.2, -0.15) is 0 Å². The predicted octanol–water partition coefficient (Wildman–Crippen LogP) is 3.22. The number of hydrogen-bond acceptors (Lipinski definition) is 6. The number of hydrogen-bond donors (Lipinski definition) is 2. The highest BCUT2D eigenvalue weighted by Crippen LogP contribution is 2.32. The minimum absolute atomic E-state index is 0.000131. The third-order valence-corrected chi connectivity index (χ3v) is 6.12. The number of para-hydroxylation sites is 1. The zero-order chi connectivity index (χ0) is 23.8. The summed E-state index contributed by atoms with van der Waals surface area (Å²) < 4.78 is 10.8. The predicted molar refractivity (Wildman–Crippen MR) is 131 cm³/mol. The van der Waals surface area contributed by atoms with Gasteiger partial charge in [-0.05, 0) is 62.2 Å². The van der Waals surface area contributed by atoms with Crippen molar-refractivity contribution in [3.8, 4) is 11.5 Å². The van der Waals surface area contributed by atoms with E-state index in [0.717, 1.165) is 60.1 Å². The first-order chi connectivity index (χ1) is 15.9. The van der Waals surface area contributed by atoms with Crippen molar-refractivity contribution in [2.24, 2.45) is 0 Å². The smallest absolute Gasteiger partial charge is 0.238 e. The molecule has 0 saturated carbocycles. The highest BCUT2D eigenvalue weighted by Gasteiger charge is 2.17. The first-order valence-electron chi connectivity index (χ1n) is 11.8. The largest absolute Gasteiger partial charge is 0.454 e. The van der Waals surface area contributed by atoms with Crippen molar-refractivity contribution in [3.63, 3.8) is 0 Å². The summed E-state index contributed by atoms with van der Waals surface area (Å²) in [5.41, 5.74) is 4.07. The van der Waals surface area contributed by atoms with Crippen molar-refractivity contribution in [2.45, 2.75) is 40.2 Å². The summed E-state index contributed by atoms with van der Waals surface area (Å²) >= 11 is 0. The number of amides is 1. The Hall–Kier alpha value is -2.61. The molecule has 0 radical (unpaired) electrons. The van der Waals surface area contributed by atoms with Crippen LogP contribution in [-0.2, 0) is 11.2 Å². The second-order valence-electron chi connectivity index (χ2n) is 8.62. The van der Waals surface area contributed by atoms with Crippen molar-refractivity contribution in [1.82, 2.24) is 9.80 Å². The fraction of sp³-hybridized carbons (Fsp3) is 0.500. The molecule has 33 heavy (non-hydrogen) atoms. The standard InChI is InChI=1S/C26H37N3O4/c1-5-28(16-22(30)14-21-10-11-23-24(15-21)33-18-32-23)12-13-29(6-2)17-25(31)27-26-19(3)8-7-9-20(26)4/h7-11,15,22,30H,5-6,12-14,16-18H2,1-4H3,(H,27,31). The van der Waals surface area contributed by atoms with Crippen LogP contribution >= 0.6 is 0 Å². The van der Waals surface area contributed by atoms with Gasteiger partial charge in [0, 0.05) is 25.3 Å². The van der Waals surface area contributed by atoms with E-state index in [1.807, 2.05) is 50.2 Å². The number of ether oxygens (including phenoxy) is 2. The van der Waals surface area contributed by atoms with Crippen LogP contribution in [0.1, 0.15) is 30.5 Å². The molecule has 2 aromatic carbocycles. The van der Waals surface area contributed by atoms with Gasteiger partial charge in [0.25, 0.3) is 0 Å². The van der Waals surface area contributed by atoms with E-state index in [1.54, 1.807) is 0 Å². The first-order valence-corrected chi connectivity index (χ1v) is 11.8. The molecule has 1 amide bonds. The van der Waals surface area contributed by atoms with Gasteiger partial charge >= 0.3 is 0 Å². The van der Waals surface area contributed by atoms with Gasteiger partial charge in [-0.15, -0.1) is 0 Å². The molecule has 1 atom stereocenters. The highest BCUT2D eigenvalue weighted by atomic mass is 16.7. The van der Waals surface area contributed by atoms with Gasteiger partial charge in [-0.3, -0.25) is 14.6 Å². The minimum Gasteiger partial charge on any atom is -0.454 e. The molecule has 1 unspecified atom stereocenters. The summed E-state index contributed by atoms with van der Waals surface area (Å²) in [4.78, 5) is 17.0. The lowest BCUT2D eigenvalue weighted by atomic mass is 10.1. The fourth-order valence-corrected chi connectivity index (χ4v) is 4.11. The number of aryl methyl sites for hydroxylation is 2. The van der Waals surface area contributed by atoms with Gasteiger partial charge in [0.15, 0.2) is 11.5 Å². The molecule has 7 heteroatoms. The normalized spacial score (nSPS) is 13.5. The van der Waals surface area contributed by atoms with Gasteiger partial charge in [-0.1, -0.05) is 38.1 Å². The maximum absolute atomic E-state index is 12.6. The van der Waals surface area contributed by atoms with Crippen LogP contribution in [0, 0.1) is 13.8 Å². The van der Waals surface area contributed by atoms with E-state index in [4.69, 9.17) is 9.47 Å². The van der Waals surface area contributed by atoms with Crippen molar-refractivity contribution < 1.29 is 19.4 Å². The number of nitrogens with one attached hydrogen (secondary N) is 1. The Bertz CT molecular complexity index is 913. The minimum atomic E-state index is -0.479. The number of carbonyl (C=O) groups excluding carboxylic acids is 1. The lowest BCUT2D eigenvalue weighted by Gasteiger charge is -2.27. The average Bonchev–Trinajstić information content (AvgIpc) is 3.26. The molecule has 0 aromatic heterocycles. The Balaban J connectivity index is 1.46. The van der Waals surface area contributed by atoms with E-state index >= 15 is 0 Å². The van der Waals surface area contributed by atoms with Crippen LogP contribution in [0.3, 0.4) is 0 Å². The van der Waals surface area contributed by atoms with Gasteiger partial charge in [0.1, 0.15) is 0 Å². The maximum atomic E-state index is 12.6. The van der Waals surface area contributed by atoms with Crippen LogP contribution in [0.15, 0.2) is 36.4 Å². The molecule has 2 aromatic rings. The SMILES string of the molecule is CCN(CCN(CC)CC(O)Cc1ccc2c(c1)OCO2)CC(=O)Nc1c(C)cccc1C. The van der Waals surface area contributed by atoms with Crippen LogP contribution in [0.4, 0.5) is 5.69 Å². The lowest BCUT2D eigenvalue weighted by molar-refractivity contribution is -0.117. The van der Waals surface area contributed by atoms with E-state index in [2.05, 4.69) is 29.0 Å². The molecule has 0 bridgehead atoms. The Morgan fingerprint density at radius 2 is 1.70 bits per heavy atom. The van der Waals surface area contributed by atoms with Gasteiger partial charge in [0.05, 0.1) is 12.6 Å². The monoisotopic (exact) mass is 455 g/mol. The molecule has 3 rings (SSSR count). The van der Waals surface area contributed by atoms with Gasteiger partial charge in [0.2, 0.25) is 12.7 Å². The van der Waals surface area contributed by atoms with Crippen molar-refractivity contribution >= 4 is 11.6 Å². The van der Waals surface area contributed by atoms with Crippen LogP contribution in [0.2, 0.25) is 0 Å². The summed E-state index contributed by atoms with van der Waals surface area (Å²) in [5.74, 6) is 1.50. The topological polar surface area (TPSA) is 74.3 Å². The fourth-order valence-electron chi connectivity index (χ4n) is 4.11. The molecule has 1 aliphatic heterocycles. The quantitative estimate of drug-likeness (QED) is 0.512. The number of likely N-dealkylation sites (N-methyl/N-ethyl adjacent to an activating group) is 2. The molecule has 0 aliphatic carbocycles. The summed E-state index contributed by atoms with van der Waals surface area (Å²) in [6.07, 6.45) is 0.0794. The number of fused-ring (bicyclic) bond motifs is 1. The second-order valence-corrected chi connectivity index (χ2v) is 8.62. The summed E-state index contributed by atoms with van der Waals surface area (Å²) in [6.45, 7) is 12.5. The van der Waals surface area contributed by atoms with Crippen LogP contribution in [0.5, 0.6) is 11.5 Å². The zero-order valence-corrected chi connectivity index (χ0v) is 20.3. The molecule has 2 N–H and O–H groups in total. The molecule has 0 spiro atoms. The Kier molecular flexibility index (Phi) is 9.11. The van der Waals surface area contributed by atoms with Crippen LogP contribution < -0.4 is 14.8 Å². The van der Waals surface area contributed by atoms with Crippen molar-refractivity contribution in [1.29, 1.82) is 0 Å². The molecule has 180 valence electrons. The zero-order valence-electron chi connectivity index (χ0n) is 20.3. The molecular weight excluding hydrogens is 418 g/mol. The maximum Gasteiger partial charge on any atom is 0.238 e. The van der Waals surface area contributed by atoms with E-state index in [-0.39, 0.29) is 12.7 Å². The van der Waals surface area contributed by atoms with E-state index in [0.29, 0.717) is 19.5 Å². The lowest BCUT2D eigenvalue weighted by Crippen LogP contribution is -2.41. The van der Waals surface area contributed by atoms with Crippen LogP contribution in [-0.4, -0.2) is 73.0 Å². The highest BCUT2D eigenvalue weighted by molar-refractivity contribution is 5.93. The Morgan fingerprint density at radius 1 is 1.03 bits per heavy atom. The van der Waals surface area contributed by atoms with Gasteiger partial charge < -0.3 is 19.9 Å². The number of nitrogens with zero attached hydrogens (tertiary/aromatic N) is 2. The molecule has 0 fully saturated rings. The number of rotatable bonds is 12. The summed E-state index contributed by atoms with van der Waals surface area (Å²) in [5, 5.41) is 13.7. The number of aliphatic hydroxyl groups excluding tert-OH is 1. The third kappa shape index (κ3) is 7.19. The average molecular weight is 456 g/mol. The summed E-state index contributed by atoms with van der Waals surface area (Å²) in [6, 6.07) is 11.8. The van der Waals surface area contributed by atoms with Crippen molar-refractivity contribution in [3.05, 3.63) is 53.1 Å². The van der Waals surface area contributed by atoms with E-state index in [1.165, 1.54) is 0 Å². The number of aliphatic hydroxyl groups is 1. The summed E-state index contributed by atoms with van der Waals surface area (Å²) in [7, 11) is 0. The number of benzene rings is 2. The number of anilines is 1. The van der Waals surface area contributed by atoms with Crippen LogP contribution in [0.25, 0.3) is 0 Å². The van der Waals surface area contributed by atoms with Gasteiger partial charge in [-0.25, -0.2) is 0 Å². The molecule has 7 nitrogen and oxygen atoms in total.